The highest BCUT2D eigenvalue weighted by Crippen LogP contribution is 2.32. The zero-order valence-corrected chi connectivity index (χ0v) is 17.4. The maximum Gasteiger partial charge on any atom is 0.277 e. The van der Waals surface area contributed by atoms with Crippen LogP contribution in [0.2, 0.25) is 0 Å². The van der Waals surface area contributed by atoms with Crippen LogP contribution in [0.4, 0.5) is 17.1 Å². The number of carbonyl (C=O) groups is 1. The van der Waals surface area contributed by atoms with Crippen molar-refractivity contribution < 1.29 is 14.6 Å². The van der Waals surface area contributed by atoms with Gasteiger partial charge < -0.3 is 10.6 Å². The van der Waals surface area contributed by atoms with Crippen molar-refractivity contribution in [3.8, 4) is 0 Å². The van der Waals surface area contributed by atoms with Gasteiger partial charge >= 0.3 is 0 Å². The standard InChI is InChI=1S/C17H15Cl3N4O5/c1-9-3-4-10(2)14(5-9)21-16(17(18,19)20)22-15(25)11-6-12(23(26)27)8-13(7-11)24(28)29/h3-8,16,21H,1-2H3,(H,22,25)/t16-/m0/s1. The molecule has 2 N–H and O–H groups in total. The van der Waals surface area contributed by atoms with Crippen LogP contribution in [0, 0.1) is 34.1 Å². The van der Waals surface area contributed by atoms with Gasteiger partial charge in [0.05, 0.1) is 21.5 Å². The average molecular weight is 462 g/mol. The van der Waals surface area contributed by atoms with Crippen LogP contribution >= 0.6 is 34.8 Å². The molecule has 0 spiro atoms. The summed E-state index contributed by atoms with van der Waals surface area (Å²) in [5, 5.41) is 27.4. The van der Waals surface area contributed by atoms with Crippen LogP contribution in [-0.2, 0) is 0 Å². The number of halogens is 3. The summed E-state index contributed by atoms with van der Waals surface area (Å²) in [7, 11) is 0. The van der Waals surface area contributed by atoms with E-state index in [0.717, 1.165) is 29.3 Å². The zero-order chi connectivity index (χ0) is 21.9. The third-order valence-corrected chi connectivity index (χ3v) is 4.54. The molecule has 0 saturated heterocycles. The molecular formula is C17H15Cl3N4O5. The first-order chi connectivity index (χ1) is 13.4. The van der Waals surface area contributed by atoms with Crippen molar-refractivity contribution in [2.24, 2.45) is 0 Å². The van der Waals surface area contributed by atoms with Gasteiger partial charge in [-0.2, -0.15) is 0 Å². The number of aryl methyl sites for hydroxylation is 2. The summed E-state index contributed by atoms with van der Waals surface area (Å²) < 4.78 is -2.00. The number of hydrogen-bond acceptors (Lipinski definition) is 6. The molecule has 0 aromatic heterocycles. The van der Waals surface area contributed by atoms with Gasteiger partial charge in [0.25, 0.3) is 17.3 Å². The van der Waals surface area contributed by atoms with E-state index in [-0.39, 0.29) is 5.56 Å². The molecule has 29 heavy (non-hydrogen) atoms. The number of nitrogens with zero attached hydrogens (tertiary/aromatic N) is 2. The van der Waals surface area contributed by atoms with Gasteiger partial charge in [-0.25, -0.2) is 0 Å². The predicted molar refractivity (Wildman–Crippen MR) is 111 cm³/mol. The monoisotopic (exact) mass is 460 g/mol. The summed E-state index contributed by atoms with van der Waals surface area (Å²) in [5.41, 5.74) is 0.769. The number of non-ortho nitro benzene ring substituents is 2. The van der Waals surface area contributed by atoms with E-state index < -0.39 is 37.1 Å². The minimum atomic E-state index is -2.00. The first-order valence-corrected chi connectivity index (χ1v) is 9.17. The van der Waals surface area contributed by atoms with E-state index in [4.69, 9.17) is 34.8 Å². The van der Waals surface area contributed by atoms with Crippen LogP contribution < -0.4 is 10.6 Å². The van der Waals surface area contributed by atoms with Crippen molar-refractivity contribution in [2.75, 3.05) is 5.32 Å². The molecule has 0 saturated carbocycles. The second-order valence-corrected chi connectivity index (χ2v) is 8.53. The summed E-state index contributed by atoms with van der Waals surface area (Å²) >= 11 is 17.9. The Bertz CT molecular complexity index is 946. The lowest BCUT2D eigenvalue weighted by molar-refractivity contribution is -0.394. The highest BCUT2D eigenvalue weighted by molar-refractivity contribution is 6.68. The molecule has 1 atom stereocenters. The van der Waals surface area contributed by atoms with E-state index in [1.165, 1.54) is 0 Å². The van der Waals surface area contributed by atoms with Crippen LogP contribution in [0.3, 0.4) is 0 Å². The number of carbonyl (C=O) groups excluding carboxylic acids is 1. The quantitative estimate of drug-likeness (QED) is 0.279. The number of amides is 1. The lowest BCUT2D eigenvalue weighted by Crippen LogP contribution is -2.49. The molecule has 0 heterocycles. The van der Waals surface area contributed by atoms with Crippen molar-refractivity contribution in [3.63, 3.8) is 0 Å². The molecule has 154 valence electrons. The normalized spacial score (nSPS) is 12.2. The summed E-state index contributed by atoms with van der Waals surface area (Å²) in [6, 6.07) is 8.04. The van der Waals surface area contributed by atoms with Gasteiger partial charge in [0.15, 0.2) is 0 Å². The molecule has 2 aromatic rings. The van der Waals surface area contributed by atoms with Crippen molar-refractivity contribution >= 4 is 57.8 Å². The Balaban J connectivity index is 2.37. The molecule has 1 amide bonds. The van der Waals surface area contributed by atoms with Crippen LogP contribution in [0.15, 0.2) is 36.4 Å². The largest absolute Gasteiger partial charge is 0.362 e. The number of hydrogen-bond donors (Lipinski definition) is 2. The minimum absolute atomic E-state index is 0.326. The summed E-state index contributed by atoms with van der Waals surface area (Å²) in [5.74, 6) is -0.897. The fourth-order valence-electron chi connectivity index (χ4n) is 2.40. The molecule has 0 bridgehead atoms. The molecule has 12 heteroatoms. The van der Waals surface area contributed by atoms with Crippen LogP contribution in [0.1, 0.15) is 21.5 Å². The lowest BCUT2D eigenvalue weighted by Gasteiger charge is -2.28. The molecule has 0 unspecified atom stereocenters. The third-order valence-electron chi connectivity index (χ3n) is 3.88. The Hall–Kier alpha value is -2.62. The van der Waals surface area contributed by atoms with Crippen molar-refractivity contribution in [2.45, 2.75) is 23.8 Å². The van der Waals surface area contributed by atoms with Gasteiger partial charge in [0.1, 0.15) is 6.17 Å². The Morgan fingerprint density at radius 2 is 1.55 bits per heavy atom. The lowest BCUT2D eigenvalue weighted by atomic mass is 10.1. The number of benzene rings is 2. The van der Waals surface area contributed by atoms with Gasteiger partial charge in [-0.3, -0.25) is 25.0 Å². The topological polar surface area (TPSA) is 127 Å². The van der Waals surface area contributed by atoms with Crippen molar-refractivity contribution in [3.05, 3.63) is 73.3 Å². The smallest absolute Gasteiger partial charge is 0.277 e. The first kappa shape index (κ1) is 22.7. The van der Waals surface area contributed by atoms with E-state index >= 15 is 0 Å². The maximum atomic E-state index is 12.6. The fraction of sp³-hybridized carbons (Fsp3) is 0.235. The molecular weight excluding hydrogens is 447 g/mol. The summed E-state index contributed by atoms with van der Waals surface area (Å²) in [6.45, 7) is 3.67. The van der Waals surface area contributed by atoms with Gasteiger partial charge in [0, 0.05) is 17.8 Å². The van der Waals surface area contributed by atoms with Gasteiger partial charge in [-0.15, -0.1) is 0 Å². The van der Waals surface area contributed by atoms with E-state index in [0.29, 0.717) is 5.69 Å². The molecule has 0 aliphatic carbocycles. The fourth-order valence-corrected chi connectivity index (χ4v) is 2.73. The Kier molecular flexibility index (Phi) is 6.89. The Morgan fingerprint density at radius 1 is 1.00 bits per heavy atom. The van der Waals surface area contributed by atoms with E-state index in [1.807, 2.05) is 26.0 Å². The number of nitro groups is 2. The molecule has 9 nitrogen and oxygen atoms in total. The molecule has 0 aliphatic rings. The highest BCUT2D eigenvalue weighted by Gasteiger charge is 2.35. The zero-order valence-electron chi connectivity index (χ0n) is 15.1. The second kappa shape index (κ2) is 8.81. The number of rotatable bonds is 6. The molecule has 2 rings (SSSR count). The van der Waals surface area contributed by atoms with E-state index in [1.54, 1.807) is 6.07 Å². The number of alkyl halides is 3. The SMILES string of the molecule is Cc1ccc(C)c(N[C@@H](NC(=O)c2cc([N+](=O)[O-])cc([N+](=O)[O-])c2)C(Cl)(Cl)Cl)c1. The van der Waals surface area contributed by atoms with Gasteiger partial charge in [0.2, 0.25) is 3.79 Å². The van der Waals surface area contributed by atoms with Gasteiger partial charge in [-0.05, 0) is 31.0 Å². The third kappa shape index (κ3) is 5.93. The summed E-state index contributed by atoms with van der Waals surface area (Å²) in [6.07, 6.45) is -1.24. The van der Waals surface area contributed by atoms with Crippen molar-refractivity contribution in [1.82, 2.24) is 5.32 Å². The molecule has 0 fully saturated rings. The average Bonchev–Trinajstić information content (AvgIpc) is 2.62. The Labute approximate surface area is 180 Å². The van der Waals surface area contributed by atoms with E-state index in [9.17, 15) is 25.0 Å². The Morgan fingerprint density at radius 3 is 2.03 bits per heavy atom. The van der Waals surface area contributed by atoms with Crippen LogP contribution in [0.25, 0.3) is 0 Å². The molecule has 0 aliphatic heterocycles. The van der Waals surface area contributed by atoms with Crippen LogP contribution in [-0.4, -0.2) is 25.7 Å². The summed E-state index contributed by atoms with van der Waals surface area (Å²) in [4.78, 5) is 33.0. The highest BCUT2D eigenvalue weighted by atomic mass is 35.6. The second-order valence-electron chi connectivity index (χ2n) is 6.16. The minimum Gasteiger partial charge on any atom is -0.362 e. The van der Waals surface area contributed by atoms with Crippen LogP contribution in [0.5, 0.6) is 0 Å². The maximum absolute atomic E-state index is 12.6. The van der Waals surface area contributed by atoms with Crippen molar-refractivity contribution in [1.29, 1.82) is 0 Å². The number of nitrogens with one attached hydrogen (secondary N) is 2. The predicted octanol–water partition coefficient (Wildman–Crippen LogP) is 4.66. The van der Waals surface area contributed by atoms with E-state index in [2.05, 4.69) is 10.6 Å². The molecule has 2 aromatic carbocycles. The number of nitro benzene ring substituents is 2. The first-order valence-electron chi connectivity index (χ1n) is 8.03. The number of anilines is 1. The molecule has 0 radical (unpaired) electrons. The van der Waals surface area contributed by atoms with Gasteiger partial charge in [-0.1, -0.05) is 46.9 Å².